The fourth-order valence-electron chi connectivity index (χ4n) is 3.30. The van der Waals surface area contributed by atoms with E-state index < -0.39 is 6.10 Å². The Balaban J connectivity index is 1.62. The van der Waals surface area contributed by atoms with Gasteiger partial charge in [0.2, 0.25) is 11.9 Å². The highest BCUT2D eigenvalue weighted by Gasteiger charge is 2.35. The molecule has 0 radical (unpaired) electrons. The van der Waals surface area contributed by atoms with Crippen LogP contribution in [0.15, 0.2) is 30.6 Å². The molecule has 1 aromatic heterocycles. The van der Waals surface area contributed by atoms with Gasteiger partial charge in [-0.05, 0) is 25.0 Å². The zero-order chi connectivity index (χ0) is 17.6. The molecule has 2 aliphatic heterocycles. The Kier molecular flexibility index (Phi) is 3.67. The van der Waals surface area contributed by atoms with Crippen LogP contribution in [-0.2, 0) is 16.1 Å². The summed E-state index contributed by atoms with van der Waals surface area (Å²) in [5, 5.41) is 4.16. The van der Waals surface area contributed by atoms with E-state index in [2.05, 4.69) is 17.0 Å². The van der Waals surface area contributed by atoms with Crippen LogP contribution < -0.4 is 14.5 Å². The van der Waals surface area contributed by atoms with Gasteiger partial charge < -0.3 is 4.74 Å². The van der Waals surface area contributed by atoms with E-state index in [1.807, 2.05) is 12.1 Å². The van der Waals surface area contributed by atoms with Crippen molar-refractivity contribution in [2.24, 2.45) is 5.92 Å². The van der Waals surface area contributed by atoms with Crippen LogP contribution >= 0.6 is 0 Å². The van der Waals surface area contributed by atoms with Crippen molar-refractivity contribution in [1.29, 1.82) is 0 Å². The first-order valence-electron chi connectivity index (χ1n) is 8.30. The molecule has 0 aliphatic carbocycles. The Morgan fingerprint density at radius 1 is 1.28 bits per heavy atom. The molecule has 0 N–H and O–H groups in total. The zero-order valence-electron chi connectivity index (χ0n) is 14.1. The number of anilines is 2. The van der Waals surface area contributed by atoms with Crippen LogP contribution in [0.4, 0.5) is 11.6 Å². The van der Waals surface area contributed by atoms with Crippen LogP contribution in [0.5, 0.6) is 5.75 Å². The summed E-state index contributed by atoms with van der Waals surface area (Å²) in [4.78, 5) is 32.8. The molecule has 3 heterocycles. The van der Waals surface area contributed by atoms with E-state index in [1.165, 1.54) is 11.2 Å². The molecule has 4 rings (SSSR count). The third kappa shape index (κ3) is 2.63. The summed E-state index contributed by atoms with van der Waals surface area (Å²) in [6, 6.07) is 7.25. The number of fused-ring (bicyclic) bond motifs is 2. The lowest BCUT2D eigenvalue weighted by Gasteiger charge is -2.35. The molecule has 25 heavy (non-hydrogen) atoms. The first kappa shape index (κ1) is 15.6. The molecule has 8 nitrogen and oxygen atoms in total. The molecule has 0 saturated carbocycles. The third-order valence-electron chi connectivity index (χ3n) is 4.48. The molecule has 2 atom stereocenters. The van der Waals surface area contributed by atoms with E-state index >= 15 is 0 Å². The van der Waals surface area contributed by atoms with Gasteiger partial charge >= 0.3 is 0 Å². The topological polar surface area (TPSA) is 80.6 Å². The van der Waals surface area contributed by atoms with Gasteiger partial charge in [0, 0.05) is 13.1 Å². The minimum absolute atomic E-state index is 0.0525. The fourth-order valence-corrected chi connectivity index (χ4v) is 3.30. The number of hydrogen-bond donors (Lipinski definition) is 0. The summed E-state index contributed by atoms with van der Waals surface area (Å²) in [6.45, 7) is 4.99. The van der Waals surface area contributed by atoms with Crippen molar-refractivity contribution < 1.29 is 14.3 Å². The van der Waals surface area contributed by atoms with Crippen LogP contribution in [0.3, 0.4) is 0 Å². The number of carbonyl (C=O) groups excluding carboxylic acids is 2. The van der Waals surface area contributed by atoms with Gasteiger partial charge in [-0.2, -0.15) is 10.1 Å². The highest BCUT2D eigenvalue weighted by molar-refractivity contribution is 6.06. The maximum atomic E-state index is 12.9. The van der Waals surface area contributed by atoms with Crippen LogP contribution in [-0.4, -0.2) is 45.8 Å². The summed E-state index contributed by atoms with van der Waals surface area (Å²) in [5.74, 6) is 1.00. The molecule has 0 bridgehead atoms. The van der Waals surface area contributed by atoms with Gasteiger partial charge in [-0.3, -0.25) is 19.4 Å². The standard InChI is InChI=1S/C17H19N5O3/c1-11-7-21(17-18-10-19-22(17)8-11)15(23)9-20-13-5-3-4-6-14(13)25-12(2)16(20)24/h3-6,10-12H,7-9H2,1-2H3. The van der Waals surface area contributed by atoms with E-state index in [0.29, 0.717) is 23.9 Å². The second-order valence-electron chi connectivity index (χ2n) is 6.50. The molecular weight excluding hydrogens is 322 g/mol. The highest BCUT2D eigenvalue weighted by atomic mass is 16.5. The molecule has 1 aromatic carbocycles. The number of carbonyl (C=O) groups is 2. The third-order valence-corrected chi connectivity index (χ3v) is 4.48. The molecule has 130 valence electrons. The van der Waals surface area contributed by atoms with Crippen LogP contribution in [0.1, 0.15) is 13.8 Å². The maximum absolute atomic E-state index is 12.9. The normalized spacial score (nSPS) is 22.2. The Morgan fingerprint density at radius 3 is 2.92 bits per heavy atom. The Bertz CT molecular complexity index is 833. The lowest BCUT2D eigenvalue weighted by molar-refractivity contribution is -0.127. The van der Waals surface area contributed by atoms with E-state index in [-0.39, 0.29) is 24.3 Å². The summed E-state index contributed by atoms with van der Waals surface area (Å²) < 4.78 is 7.35. The number of hydrogen-bond acceptors (Lipinski definition) is 5. The van der Waals surface area contributed by atoms with Gasteiger partial charge in [0.05, 0.1) is 5.69 Å². The van der Waals surface area contributed by atoms with Gasteiger partial charge in [0.25, 0.3) is 5.91 Å². The van der Waals surface area contributed by atoms with Crippen molar-refractivity contribution >= 4 is 23.5 Å². The quantitative estimate of drug-likeness (QED) is 0.816. The molecule has 2 aliphatic rings. The SMILES string of the molecule is CC1CN(C(=O)CN2C(=O)C(C)Oc3ccccc32)c2ncnn2C1. The number of nitrogens with zero attached hydrogens (tertiary/aromatic N) is 5. The predicted molar refractivity (Wildman–Crippen MR) is 90.4 cm³/mol. The van der Waals surface area contributed by atoms with Crippen molar-refractivity contribution in [1.82, 2.24) is 14.8 Å². The number of rotatable bonds is 2. The van der Waals surface area contributed by atoms with Crippen molar-refractivity contribution in [3.8, 4) is 5.75 Å². The summed E-state index contributed by atoms with van der Waals surface area (Å²) in [7, 11) is 0. The molecule has 8 heteroatoms. The minimum atomic E-state index is -0.619. The number of ether oxygens (including phenoxy) is 1. The van der Waals surface area contributed by atoms with Crippen molar-refractivity contribution in [2.45, 2.75) is 26.5 Å². The molecule has 0 saturated heterocycles. The monoisotopic (exact) mass is 341 g/mol. The lowest BCUT2D eigenvalue weighted by atomic mass is 10.1. The van der Waals surface area contributed by atoms with E-state index in [0.717, 1.165) is 6.54 Å². The molecular formula is C17H19N5O3. The van der Waals surface area contributed by atoms with E-state index in [9.17, 15) is 9.59 Å². The average Bonchev–Trinajstić information content (AvgIpc) is 3.06. The van der Waals surface area contributed by atoms with Gasteiger partial charge in [-0.15, -0.1) is 0 Å². The Morgan fingerprint density at radius 2 is 2.08 bits per heavy atom. The van der Waals surface area contributed by atoms with Crippen molar-refractivity contribution in [3.63, 3.8) is 0 Å². The van der Waals surface area contributed by atoms with Crippen LogP contribution in [0, 0.1) is 5.92 Å². The second kappa shape index (κ2) is 5.87. The predicted octanol–water partition coefficient (Wildman–Crippen LogP) is 1.07. The first-order chi connectivity index (χ1) is 12.0. The molecule has 2 aromatic rings. The van der Waals surface area contributed by atoms with Crippen molar-refractivity contribution in [2.75, 3.05) is 22.9 Å². The highest BCUT2D eigenvalue weighted by Crippen LogP contribution is 2.33. The smallest absolute Gasteiger partial charge is 0.268 e. The molecule has 2 unspecified atom stereocenters. The van der Waals surface area contributed by atoms with Gasteiger partial charge in [-0.1, -0.05) is 19.1 Å². The van der Waals surface area contributed by atoms with E-state index in [1.54, 1.807) is 28.6 Å². The average molecular weight is 341 g/mol. The zero-order valence-corrected chi connectivity index (χ0v) is 14.1. The van der Waals surface area contributed by atoms with Crippen LogP contribution in [0.25, 0.3) is 0 Å². The number of benzene rings is 1. The van der Waals surface area contributed by atoms with Crippen molar-refractivity contribution in [3.05, 3.63) is 30.6 Å². The van der Waals surface area contributed by atoms with Gasteiger partial charge in [0.15, 0.2) is 6.10 Å². The molecule has 0 fully saturated rings. The second-order valence-corrected chi connectivity index (χ2v) is 6.50. The summed E-state index contributed by atoms with van der Waals surface area (Å²) >= 11 is 0. The Labute approximate surface area is 145 Å². The summed E-state index contributed by atoms with van der Waals surface area (Å²) in [5.41, 5.74) is 0.616. The number of aromatic nitrogens is 3. The number of amides is 2. The van der Waals surface area contributed by atoms with Gasteiger partial charge in [-0.25, -0.2) is 4.68 Å². The lowest BCUT2D eigenvalue weighted by Crippen LogP contribution is -2.51. The number of para-hydroxylation sites is 2. The first-order valence-corrected chi connectivity index (χ1v) is 8.30. The summed E-state index contributed by atoms with van der Waals surface area (Å²) in [6.07, 6.45) is 0.830. The minimum Gasteiger partial charge on any atom is -0.479 e. The maximum Gasteiger partial charge on any atom is 0.268 e. The van der Waals surface area contributed by atoms with E-state index in [4.69, 9.17) is 4.74 Å². The molecule has 0 spiro atoms. The van der Waals surface area contributed by atoms with Gasteiger partial charge in [0.1, 0.15) is 18.6 Å². The molecule has 2 amide bonds. The van der Waals surface area contributed by atoms with Crippen LogP contribution in [0.2, 0.25) is 0 Å². The largest absolute Gasteiger partial charge is 0.479 e. The Hall–Kier alpha value is -2.90. The fraction of sp³-hybridized carbons (Fsp3) is 0.412.